The van der Waals surface area contributed by atoms with Crippen LogP contribution in [0.3, 0.4) is 0 Å². The molecule has 1 atom stereocenters. The van der Waals surface area contributed by atoms with Crippen LogP contribution in [0.5, 0.6) is 0 Å². The average Bonchev–Trinajstić information content (AvgIpc) is 3.25. The van der Waals surface area contributed by atoms with Gasteiger partial charge in [-0.3, -0.25) is 19.7 Å². The molecule has 59 heavy (non-hydrogen) atoms. The van der Waals surface area contributed by atoms with E-state index in [1.54, 1.807) is 23.5 Å². The van der Waals surface area contributed by atoms with Gasteiger partial charge in [0, 0.05) is 71.4 Å². The summed E-state index contributed by atoms with van der Waals surface area (Å²) in [6.45, 7) is 5.05. The molecule has 1 aliphatic rings. The van der Waals surface area contributed by atoms with E-state index in [2.05, 4.69) is 89.5 Å². The molecule has 0 unspecified atom stereocenters. The van der Waals surface area contributed by atoms with Crippen LogP contribution in [-0.4, -0.2) is 98.0 Å². The van der Waals surface area contributed by atoms with Gasteiger partial charge in [-0.15, -0.1) is 23.5 Å². The molecule has 0 amide bonds. The predicted molar refractivity (Wildman–Crippen MR) is 242 cm³/mol. The molecule has 1 saturated heterocycles. The monoisotopic (exact) mass is 848 g/mol. The number of fused-ring (bicyclic) bond motifs is 1. The Labute approximate surface area is 354 Å². The quantitative estimate of drug-likeness (QED) is 0.0517. The van der Waals surface area contributed by atoms with Gasteiger partial charge in [-0.25, -0.2) is 18.4 Å². The number of anilines is 3. The maximum atomic E-state index is 13.8. The van der Waals surface area contributed by atoms with E-state index in [0.717, 1.165) is 62.3 Å². The van der Waals surface area contributed by atoms with E-state index in [1.807, 2.05) is 62.6 Å². The first-order valence-corrected chi connectivity index (χ1v) is 23.1. The van der Waals surface area contributed by atoms with Crippen LogP contribution >= 0.6 is 23.5 Å². The first-order chi connectivity index (χ1) is 28.6. The molecule has 0 radical (unpaired) electrons. The van der Waals surface area contributed by atoms with Crippen LogP contribution in [0.2, 0.25) is 0 Å². The van der Waals surface area contributed by atoms with Crippen molar-refractivity contribution in [1.29, 1.82) is 0 Å². The third-order valence-electron chi connectivity index (χ3n) is 10.4. The topological polar surface area (TPSA) is 137 Å². The largest absolute Gasteiger partial charge is 0.376 e. The van der Waals surface area contributed by atoms with Gasteiger partial charge in [0.15, 0.2) is 5.82 Å². The molecule has 1 fully saturated rings. The molecule has 0 aliphatic carbocycles. The fourth-order valence-electron chi connectivity index (χ4n) is 7.12. The molecule has 1 aromatic heterocycles. The van der Waals surface area contributed by atoms with E-state index in [1.165, 1.54) is 40.0 Å². The standard InChI is InChI=1S/C44H48N8O4S3/c1-49(2)22-21-34(30-58-37-10-5-4-6-11-37)47-41-20-18-38(28-43(41)52(53)54)59(55,56)48-44-40-19-15-35(27-42(40)45-31-46-44)51-25-23-50(24-26-51)29-33-9-7-8-12-39(33)32-13-16-36(57-3)17-14-32/h4-20,27-28,31,34,47H,21-26,29-30H2,1-3H3,(H,45,46,48)/t34-/m1/s1. The molecule has 2 N–H and O–H groups in total. The average molecular weight is 849 g/mol. The number of rotatable bonds is 17. The van der Waals surface area contributed by atoms with E-state index in [9.17, 15) is 18.5 Å². The Kier molecular flexibility index (Phi) is 13.7. The summed E-state index contributed by atoms with van der Waals surface area (Å²) in [4.78, 5) is 29.5. The van der Waals surface area contributed by atoms with Crippen molar-refractivity contribution < 1.29 is 13.3 Å². The molecular weight excluding hydrogens is 801 g/mol. The minimum atomic E-state index is -4.26. The summed E-state index contributed by atoms with van der Waals surface area (Å²) in [6, 6.07) is 36.9. The van der Waals surface area contributed by atoms with Crippen LogP contribution in [0.1, 0.15) is 12.0 Å². The summed E-state index contributed by atoms with van der Waals surface area (Å²) in [5.74, 6) is 0.762. The number of hydrogen-bond acceptors (Lipinski definition) is 12. The number of sulfonamides is 1. The molecule has 15 heteroatoms. The molecule has 7 rings (SSSR count). The Bertz CT molecular complexity index is 2480. The van der Waals surface area contributed by atoms with E-state index in [4.69, 9.17) is 0 Å². The summed E-state index contributed by atoms with van der Waals surface area (Å²) in [7, 11) is -0.302. The van der Waals surface area contributed by atoms with Crippen molar-refractivity contribution in [3.63, 3.8) is 0 Å². The zero-order valence-electron chi connectivity index (χ0n) is 33.3. The van der Waals surface area contributed by atoms with Crippen molar-refractivity contribution in [2.75, 3.05) is 73.8 Å². The number of piperazine rings is 1. The Morgan fingerprint density at radius 1 is 0.864 bits per heavy atom. The summed E-state index contributed by atoms with van der Waals surface area (Å²) < 4.78 is 30.1. The third kappa shape index (κ3) is 10.7. The second-order valence-electron chi connectivity index (χ2n) is 14.7. The van der Waals surface area contributed by atoms with E-state index in [-0.39, 0.29) is 28.1 Å². The first-order valence-electron chi connectivity index (χ1n) is 19.4. The van der Waals surface area contributed by atoms with Gasteiger partial charge in [-0.1, -0.05) is 54.6 Å². The van der Waals surface area contributed by atoms with Gasteiger partial charge in [-0.2, -0.15) is 0 Å². The lowest BCUT2D eigenvalue weighted by molar-refractivity contribution is -0.384. The molecule has 6 aromatic rings. The normalized spacial score (nSPS) is 14.1. The minimum Gasteiger partial charge on any atom is -0.376 e. The lowest BCUT2D eigenvalue weighted by atomic mass is 9.99. The summed E-state index contributed by atoms with van der Waals surface area (Å²) in [5, 5.41) is 16.2. The van der Waals surface area contributed by atoms with Crippen LogP contribution in [0.15, 0.2) is 136 Å². The van der Waals surface area contributed by atoms with Crippen molar-refractivity contribution in [3.8, 4) is 11.1 Å². The highest BCUT2D eigenvalue weighted by Crippen LogP contribution is 2.33. The predicted octanol–water partition coefficient (Wildman–Crippen LogP) is 8.57. The molecule has 5 aromatic carbocycles. The van der Waals surface area contributed by atoms with Crippen molar-refractivity contribution >= 4 is 67.3 Å². The van der Waals surface area contributed by atoms with Crippen LogP contribution in [0, 0.1) is 10.1 Å². The Balaban J connectivity index is 1.02. The van der Waals surface area contributed by atoms with Gasteiger partial charge >= 0.3 is 0 Å². The Hall–Kier alpha value is -5.19. The van der Waals surface area contributed by atoms with E-state index < -0.39 is 14.9 Å². The maximum absolute atomic E-state index is 13.8. The second kappa shape index (κ2) is 19.3. The number of aromatic nitrogens is 2. The van der Waals surface area contributed by atoms with Crippen molar-refractivity contribution in [3.05, 3.63) is 137 Å². The van der Waals surface area contributed by atoms with Crippen molar-refractivity contribution in [2.45, 2.75) is 33.7 Å². The summed E-state index contributed by atoms with van der Waals surface area (Å²) in [6.07, 6.45) is 4.14. The number of nitro benzene ring substituents is 1. The zero-order valence-corrected chi connectivity index (χ0v) is 35.8. The Morgan fingerprint density at radius 2 is 1.61 bits per heavy atom. The smallest absolute Gasteiger partial charge is 0.293 e. The second-order valence-corrected chi connectivity index (χ2v) is 18.3. The highest BCUT2D eigenvalue weighted by atomic mass is 32.2. The lowest BCUT2D eigenvalue weighted by Crippen LogP contribution is -2.46. The summed E-state index contributed by atoms with van der Waals surface area (Å²) >= 11 is 3.40. The van der Waals surface area contributed by atoms with E-state index in [0.29, 0.717) is 16.7 Å². The molecule has 0 saturated carbocycles. The molecular formula is C44H48N8O4S3. The molecule has 2 heterocycles. The molecule has 0 spiro atoms. The third-order valence-corrected chi connectivity index (χ3v) is 13.6. The number of benzene rings is 5. The van der Waals surface area contributed by atoms with Gasteiger partial charge in [0.2, 0.25) is 0 Å². The van der Waals surface area contributed by atoms with Crippen molar-refractivity contribution in [1.82, 2.24) is 19.8 Å². The summed E-state index contributed by atoms with van der Waals surface area (Å²) in [5.41, 5.74) is 5.28. The molecule has 306 valence electrons. The van der Waals surface area contributed by atoms with Gasteiger partial charge in [0.05, 0.1) is 15.3 Å². The van der Waals surface area contributed by atoms with Gasteiger partial charge in [-0.05, 0) is 105 Å². The van der Waals surface area contributed by atoms with Gasteiger partial charge in [0.25, 0.3) is 15.7 Å². The van der Waals surface area contributed by atoms with Gasteiger partial charge < -0.3 is 15.1 Å². The number of hydrogen-bond donors (Lipinski definition) is 2. The number of nitrogens with one attached hydrogen (secondary N) is 2. The van der Waals surface area contributed by atoms with Crippen molar-refractivity contribution in [2.24, 2.45) is 0 Å². The maximum Gasteiger partial charge on any atom is 0.293 e. The minimum absolute atomic E-state index is 0.0969. The van der Waals surface area contributed by atoms with Crippen LogP contribution in [0.25, 0.3) is 22.0 Å². The fourth-order valence-corrected chi connectivity index (χ4v) is 9.57. The van der Waals surface area contributed by atoms with Gasteiger partial charge in [0.1, 0.15) is 12.0 Å². The number of nitro groups is 1. The zero-order chi connectivity index (χ0) is 41.4. The highest BCUT2D eigenvalue weighted by molar-refractivity contribution is 7.99. The molecule has 12 nitrogen and oxygen atoms in total. The van der Waals surface area contributed by atoms with Crippen LogP contribution in [0.4, 0.5) is 22.9 Å². The van der Waals surface area contributed by atoms with Crippen LogP contribution in [-0.2, 0) is 16.6 Å². The fraction of sp³-hybridized carbons (Fsp3) is 0.273. The highest BCUT2D eigenvalue weighted by Gasteiger charge is 2.25. The number of thioether (sulfide) groups is 2. The van der Waals surface area contributed by atoms with E-state index >= 15 is 0 Å². The molecule has 0 bridgehead atoms. The molecule has 1 aliphatic heterocycles. The lowest BCUT2D eigenvalue weighted by Gasteiger charge is -2.36. The number of nitrogens with zero attached hydrogens (tertiary/aromatic N) is 6. The Morgan fingerprint density at radius 3 is 2.34 bits per heavy atom. The first kappa shape index (κ1) is 42.0. The SMILES string of the molecule is CSc1ccc(-c2ccccc2CN2CCN(c3ccc4c(NS(=O)(=O)c5ccc(N[C@H](CCN(C)C)CSc6ccccc6)c([N+](=O)[O-])c5)ncnc4c3)CC2)cc1. The van der Waals surface area contributed by atoms with Crippen LogP contribution < -0.4 is 14.9 Å².